The van der Waals surface area contributed by atoms with Crippen molar-refractivity contribution in [1.29, 1.82) is 0 Å². The van der Waals surface area contributed by atoms with E-state index in [0.717, 1.165) is 5.56 Å². The first-order valence-corrected chi connectivity index (χ1v) is 7.83. The van der Waals surface area contributed by atoms with E-state index in [4.69, 9.17) is 9.47 Å². The number of carboxylic acid groups (broad SMARTS) is 1. The second-order valence-corrected chi connectivity index (χ2v) is 5.44. The Bertz CT molecular complexity index is 730. The van der Waals surface area contributed by atoms with Crippen LogP contribution < -0.4 is 14.8 Å². The number of nitrogens with one attached hydrogen (secondary N) is 1. The highest BCUT2D eigenvalue weighted by Crippen LogP contribution is 2.28. The Hall–Kier alpha value is -3.02. The quantitative estimate of drug-likeness (QED) is 0.769. The largest absolute Gasteiger partial charge is 0.493 e. The SMILES string of the molecule is COc1ccc(CCC(=O)NC(C(=O)O)c2ccccc2)cc1OC. The zero-order valence-corrected chi connectivity index (χ0v) is 14.2. The van der Waals surface area contributed by atoms with Gasteiger partial charge in [0.15, 0.2) is 17.5 Å². The van der Waals surface area contributed by atoms with Gasteiger partial charge in [0.1, 0.15) is 0 Å². The summed E-state index contributed by atoms with van der Waals surface area (Å²) in [5.41, 5.74) is 1.44. The fourth-order valence-electron chi connectivity index (χ4n) is 2.46. The van der Waals surface area contributed by atoms with Gasteiger partial charge in [-0.15, -0.1) is 0 Å². The van der Waals surface area contributed by atoms with Crippen LogP contribution in [0.3, 0.4) is 0 Å². The molecule has 0 spiro atoms. The van der Waals surface area contributed by atoms with Gasteiger partial charge in [0, 0.05) is 6.42 Å². The Morgan fingerprint density at radius 2 is 1.72 bits per heavy atom. The Kier molecular flexibility index (Phi) is 6.39. The molecule has 6 nitrogen and oxygen atoms in total. The van der Waals surface area contributed by atoms with Gasteiger partial charge in [-0.2, -0.15) is 0 Å². The van der Waals surface area contributed by atoms with E-state index >= 15 is 0 Å². The molecule has 0 aliphatic rings. The van der Waals surface area contributed by atoms with Crippen molar-refractivity contribution in [3.8, 4) is 11.5 Å². The maximum Gasteiger partial charge on any atom is 0.330 e. The second-order valence-electron chi connectivity index (χ2n) is 5.44. The van der Waals surface area contributed by atoms with Crippen molar-refractivity contribution < 1.29 is 24.2 Å². The fraction of sp³-hybridized carbons (Fsp3) is 0.263. The average molecular weight is 343 g/mol. The number of carboxylic acids is 1. The summed E-state index contributed by atoms with van der Waals surface area (Å²) in [6, 6.07) is 13.0. The number of aliphatic carboxylic acids is 1. The van der Waals surface area contributed by atoms with Gasteiger partial charge in [0.05, 0.1) is 14.2 Å². The average Bonchev–Trinajstić information content (AvgIpc) is 2.64. The molecular weight excluding hydrogens is 322 g/mol. The minimum atomic E-state index is -1.09. The predicted molar refractivity (Wildman–Crippen MR) is 92.8 cm³/mol. The van der Waals surface area contributed by atoms with Gasteiger partial charge in [-0.3, -0.25) is 4.79 Å². The highest BCUT2D eigenvalue weighted by atomic mass is 16.5. The number of benzene rings is 2. The number of hydrogen-bond donors (Lipinski definition) is 2. The minimum absolute atomic E-state index is 0.173. The van der Waals surface area contributed by atoms with Crippen molar-refractivity contribution in [3.63, 3.8) is 0 Å². The lowest BCUT2D eigenvalue weighted by atomic mass is 10.1. The molecule has 0 saturated heterocycles. The highest BCUT2D eigenvalue weighted by Gasteiger charge is 2.21. The summed E-state index contributed by atoms with van der Waals surface area (Å²) in [5, 5.41) is 11.9. The summed E-state index contributed by atoms with van der Waals surface area (Å²) in [6.45, 7) is 0. The summed E-state index contributed by atoms with van der Waals surface area (Å²) in [7, 11) is 3.10. The van der Waals surface area contributed by atoms with Gasteiger partial charge in [0.2, 0.25) is 5.91 Å². The van der Waals surface area contributed by atoms with Crippen LogP contribution in [0.4, 0.5) is 0 Å². The Morgan fingerprint density at radius 3 is 2.32 bits per heavy atom. The number of ether oxygens (including phenoxy) is 2. The van der Waals surface area contributed by atoms with E-state index in [1.807, 2.05) is 6.07 Å². The number of rotatable bonds is 8. The van der Waals surface area contributed by atoms with E-state index in [0.29, 0.717) is 23.5 Å². The van der Waals surface area contributed by atoms with Crippen molar-refractivity contribution in [2.75, 3.05) is 14.2 Å². The summed E-state index contributed by atoms with van der Waals surface area (Å²) in [4.78, 5) is 23.6. The molecule has 2 aromatic rings. The molecule has 1 atom stereocenters. The summed E-state index contributed by atoms with van der Waals surface area (Å²) >= 11 is 0. The van der Waals surface area contributed by atoms with Gasteiger partial charge < -0.3 is 19.9 Å². The van der Waals surface area contributed by atoms with E-state index < -0.39 is 12.0 Å². The molecule has 0 aromatic heterocycles. The van der Waals surface area contributed by atoms with Crippen LogP contribution in [0.15, 0.2) is 48.5 Å². The molecule has 0 saturated carbocycles. The van der Waals surface area contributed by atoms with Gasteiger partial charge in [0.25, 0.3) is 0 Å². The van der Waals surface area contributed by atoms with Crippen molar-refractivity contribution in [1.82, 2.24) is 5.32 Å². The second kappa shape index (κ2) is 8.73. The van der Waals surface area contributed by atoms with Gasteiger partial charge >= 0.3 is 5.97 Å². The number of aryl methyl sites for hydroxylation is 1. The molecular formula is C19H21NO5. The van der Waals surface area contributed by atoms with Crippen molar-refractivity contribution in [2.24, 2.45) is 0 Å². The molecule has 1 unspecified atom stereocenters. The van der Waals surface area contributed by atoms with Crippen LogP contribution in [-0.2, 0) is 16.0 Å². The van der Waals surface area contributed by atoms with Crippen molar-refractivity contribution in [2.45, 2.75) is 18.9 Å². The number of amides is 1. The molecule has 1 amide bonds. The summed E-state index contributed by atoms with van der Waals surface area (Å²) in [6.07, 6.45) is 0.638. The molecule has 2 rings (SSSR count). The number of carbonyl (C=O) groups excluding carboxylic acids is 1. The lowest BCUT2D eigenvalue weighted by Crippen LogP contribution is -2.33. The Morgan fingerprint density at radius 1 is 1.04 bits per heavy atom. The maximum atomic E-state index is 12.2. The molecule has 0 radical (unpaired) electrons. The predicted octanol–water partition coefficient (Wildman–Crippen LogP) is 2.58. The standard InChI is InChI=1S/C19H21NO5/c1-24-15-10-8-13(12-16(15)25-2)9-11-17(21)20-18(19(22)23)14-6-4-3-5-7-14/h3-8,10,12,18H,9,11H2,1-2H3,(H,20,21)(H,22,23). The molecule has 2 N–H and O–H groups in total. The van der Waals surface area contributed by atoms with Crippen LogP contribution in [0.1, 0.15) is 23.6 Å². The zero-order chi connectivity index (χ0) is 18.2. The van der Waals surface area contributed by atoms with Crippen LogP contribution in [0.2, 0.25) is 0 Å². The van der Waals surface area contributed by atoms with Crippen LogP contribution in [0.25, 0.3) is 0 Å². The molecule has 2 aromatic carbocycles. The highest BCUT2D eigenvalue weighted by molar-refractivity contribution is 5.84. The lowest BCUT2D eigenvalue weighted by Gasteiger charge is -2.15. The third kappa shape index (κ3) is 4.97. The first-order valence-electron chi connectivity index (χ1n) is 7.83. The third-order valence-electron chi connectivity index (χ3n) is 3.77. The molecule has 25 heavy (non-hydrogen) atoms. The number of hydrogen-bond acceptors (Lipinski definition) is 4. The van der Waals surface area contributed by atoms with Gasteiger partial charge in [-0.1, -0.05) is 36.4 Å². The lowest BCUT2D eigenvalue weighted by molar-refractivity contribution is -0.142. The smallest absolute Gasteiger partial charge is 0.330 e. The molecule has 0 aliphatic carbocycles. The normalized spacial score (nSPS) is 11.4. The van der Waals surface area contributed by atoms with Gasteiger partial charge in [-0.25, -0.2) is 4.79 Å². The van der Waals surface area contributed by atoms with E-state index in [9.17, 15) is 14.7 Å². The number of carbonyl (C=O) groups is 2. The van der Waals surface area contributed by atoms with Crippen LogP contribution in [0, 0.1) is 0 Å². The molecule has 0 fully saturated rings. The van der Waals surface area contributed by atoms with E-state index in [1.54, 1.807) is 56.7 Å². The molecule has 0 bridgehead atoms. The summed E-state index contributed by atoms with van der Waals surface area (Å²) in [5.74, 6) is -0.212. The monoisotopic (exact) mass is 343 g/mol. The number of methoxy groups -OCH3 is 2. The fourth-order valence-corrected chi connectivity index (χ4v) is 2.46. The van der Waals surface area contributed by atoms with Crippen molar-refractivity contribution >= 4 is 11.9 Å². The Balaban J connectivity index is 1.99. The van der Waals surface area contributed by atoms with Crippen LogP contribution in [-0.4, -0.2) is 31.2 Å². The van der Waals surface area contributed by atoms with Crippen molar-refractivity contribution in [3.05, 3.63) is 59.7 Å². The molecule has 6 heteroatoms. The maximum absolute atomic E-state index is 12.2. The third-order valence-corrected chi connectivity index (χ3v) is 3.77. The zero-order valence-electron chi connectivity index (χ0n) is 14.2. The van der Waals surface area contributed by atoms with E-state index in [2.05, 4.69) is 5.32 Å². The molecule has 0 heterocycles. The Labute approximate surface area is 146 Å². The minimum Gasteiger partial charge on any atom is -0.493 e. The van der Waals surface area contributed by atoms with Crippen LogP contribution in [0.5, 0.6) is 11.5 Å². The molecule has 0 aliphatic heterocycles. The van der Waals surface area contributed by atoms with Gasteiger partial charge in [-0.05, 0) is 29.7 Å². The topological polar surface area (TPSA) is 84.9 Å². The first-order chi connectivity index (χ1) is 12.0. The first kappa shape index (κ1) is 18.3. The summed E-state index contributed by atoms with van der Waals surface area (Å²) < 4.78 is 10.4. The molecule has 132 valence electrons. The van der Waals surface area contributed by atoms with E-state index in [-0.39, 0.29) is 12.3 Å². The van der Waals surface area contributed by atoms with Crippen LogP contribution >= 0.6 is 0 Å². The van der Waals surface area contributed by atoms with E-state index in [1.165, 1.54) is 0 Å².